The van der Waals surface area contributed by atoms with Gasteiger partial charge in [-0.05, 0) is 30.7 Å². The summed E-state index contributed by atoms with van der Waals surface area (Å²) in [5.74, 6) is -1.89. The molecule has 0 bridgehead atoms. The van der Waals surface area contributed by atoms with Crippen molar-refractivity contribution in [1.29, 1.82) is 0 Å². The van der Waals surface area contributed by atoms with Crippen LogP contribution < -0.4 is 0 Å². The van der Waals surface area contributed by atoms with E-state index in [4.69, 9.17) is 9.47 Å². The number of methoxy groups -OCH3 is 1. The molecule has 0 N–H and O–H groups in total. The molecule has 138 valence electrons. The molecule has 0 radical (unpaired) electrons. The Balaban J connectivity index is 1.80. The number of Topliss-reactive ketones (excluding diaryl/α,β-unsaturated/α-hetero) is 2. The largest absolute Gasteiger partial charge is 0.463 e. The van der Waals surface area contributed by atoms with Crippen molar-refractivity contribution in [1.82, 2.24) is 0 Å². The van der Waals surface area contributed by atoms with Gasteiger partial charge >= 0.3 is 5.97 Å². The van der Waals surface area contributed by atoms with Gasteiger partial charge in [-0.3, -0.25) is 9.59 Å². The molecule has 1 aromatic rings. The summed E-state index contributed by atoms with van der Waals surface area (Å²) in [4.78, 5) is 38.0. The number of ketones is 2. The summed E-state index contributed by atoms with van der Waals surface area (Å²) < 4.78 is 10.7. The molecule has 0 aromatic heterocycles. The lowest BCUT2D eigenvalue weighted by atomic mass is 9.46. The third-order valence-electron chi connectivity index (χ3n) is 6.61. The standard InChI is InChI=1S/C21H24O5/c1-25-20(24)17(22)14-9-5-6-10-16(14)21(13-7-3-2-4-8-13)18(23)15-11-12-26-19(15)21/h2-4,7-8,14-16,19H,5-6,9-12H2,1H3. The average Bonchev–Trinajstić information content (AvgIpc) is 3.14. The average molecular weight is 356 g/mol. The van der Waals surface area contributed by atoms with E-state index in [0.717, 1.165) is 31.2 Å². The summed E-state index contributed by atoms with van der Waals surface area (Å²) in [5.41, 5.74) is 0.111. The fourth-order valence-corrected chi connectivity index (χ4v) is 5.53. The van der Waals surface area contributed by atoms with E-state index in [0.29, 0.717) is 13.0 Å². The van der Waals surface area contributed by atoms with Crippen molar-refractivity contribution in [3.63, 3.8) is 0 Å². The quantitative estimate of drug-likeness (QED) is 0.612. The van der Waals surface area contributed by atoms with Crippen LogP contribution in [0.15, 0.2) is 30.3 Å². The minimum Gasteiger partial charge on any atom is -0.463 e. The van der Waals surface area contributed by atoms with Gasteiger partial charge in [0.25, 0.3) is 0 Å². The zero-order valence-electron chi connectivity index (χ0n) is 15.0. The molecular weight excluding hydrogens is 332 g/mol. The van der Waals surface area contributed by atoms with E-state index in [1.807, 2.05) is 30.3 Å². The number of ether oxygens (including phenoxy) is 2. The molecule has 3 aliphatic rings. The first-order chi connectivity index (χ1) is 12.6. The van der Waals surface area contributed by atoms with Crippen molar-refractivity contribution in [3.05, 3.63) is 35.9 Å². The smallest absolute Gasteiger partial charge is 0.374 e. The molecule has 26 heavy (non-hydrogen) atoms. The van der Waals surface area contributed by atoms with E-state index in [-0.39, 0.29) is 23.7 Å². The Morgan fingerprint density at radius 3 is 2.58 bits per heavy atom. The van der Waals surface area contributed by atoms with Crippen molar-refractivity contribution in [3.8, 4) is 0 Å². The molecule has 1 saturated heterocycles. The third kappa shape index (κ3) is 2.29. The maximum atomic E-state index is 13.4. The van der Waals surface area contributed by atoms with Crippen molar-refractivity contribution < 1.29 is 23.9 Å². The minimum absolute atomic E-state index is 0.0778. The number of carbonyl (C=O) groups is 3. The van der Waals surface area contributed by atoms with Crippen LogP contribution in [0.5, 0.6) is 0 Å². The highest BCUT2D eigenvalue weighted by Crippen LogP contribution is 2.59. The molecule has 2 saturated carbocycles. The Labute approximate surface area is 153 Å². The van der Waals surface area contributed by atoms with Gasteiger partial charge in [-0.25, -0.2) is 4.79 Å². The molecular formula is C21H24O5. The maximum absolute atomic E-state index is 13.4. The molecule has 0 spiro atoms. The van der Waals surface area contributed by atoms with Crippen molar-refractivity contribution >= 4 is 17.5 Å². The Hall–Kier alpha value is -2.01. The summed E-state index contributed by atoms with van der Waals surface area (Å²) in [6.45, 7) is 0.581. The first-order valence-corrected chi connectivity index (χ1v) is 9.46. The molecule has 5 heteroatoms. The molecule has 0 amide bonds. The minimum atomic E-state index is -0.808. The fourth-order valence-electron chi connectivity index (χ4n) is 5.53. The first-order valence-electron chi connectivity index (χ1n) is 9.46. The molecule has 1 aromatic carbocycles. The molecule has 1 aliphatic heterocycles. The van der Waals surface area contributed by atoms with Gasteiger partial charge in [0, 0.05) is 18.4 Å². The van der Waals surface area contributed by atoms with Crippen LogP contribution in [0.2, 0.25) is 0 Å². The highest BCUT2D eigenvalue weighted by atomic mass is 16.5. The van der Waals surface area contributed by atoms with Crippen molar-refractivity contribution in [2.24, 2.45) is 17.8 Å². The van der Waals surface area contributed by atoms with Crippen LogP contribution in [0.4, 0.5) is 0 Å². The highest BCUT2D eigenvalue weighted by Gasteiger charge is 2.69. The lowest BCUT2D eigenvalue weighted by Crippen LogP contribution is -2.68. The maximum Gasteiger partial charge on any atom is 0.374 e. The topological polar surface area (TPSA) is 69.7 Å². The lowest BCUT2D eigenvalue weighted by Gasteiger charge is -2.56. The van der Waals surface area contributed by atoms with Crippen LogP contribution in [0.1, 0.15) is 37.7 Å². The summed E-state index contributed by atoms with van der Waals surface area (Å²) in [6.07, 6.45) is 3.78. The molecule has 3 fully saturated rings. The van der Waals surface area contributed by atoms with E-state index in [9.17, 15) is 14.4 Å². The molecule has 5 atom stereocenters. The van der Waals surface area contributed by atoms with E-state index in [1.165, 1.54) is 7.11 Å². The van der Waals surface area contributed by atoms with E-state index in [2.05, 4.69) is 0 Å². The summed E-state index contributed by atoms with van der Waals surface area (Å²) >= 11 is 0. The number of benzene rings is 1. The fraction of sp³-hybridized carbons (Fsp3) is 0.571. The van der Waals surface area contributed by atoms with Gasteiger partial charge in [0.05, 0.1) is 18.6 Å². The predicted octanol–water partition coefficient (Wildman–Crippen LogP) is 2.46. The normalized spacial score (nSPS) is 36.1. The lowest BCUT2D eigenvalue weighted by molar-refractivity contribution is -0.167. The Kier molecular flexibility index (Phi) is 4.43. The van der Waals surface area contributed by atoms with Crippen LogP contribution in [0.3, 0.4) is 0 Å². The van der Waals surface area contributed by atoms with E-state index >= 15 is 0 Å². The number of rotatable bonds is 4. The van der Waals surface area contributed by atoms with Crippen LogP contribution in [0, 0.1) is 17.8 Å². The second kappa shape index (κ2) is 6.62. The third-order valence-corrected chi connectivity index (χ3v) is 6.61. The number of esters is 1. The molecule has 5 unspecified atom stereocenters. The van der Waals surface area contributed by atoms with Crippen LogP contribution in [0.25, 0.3) is 0 Å². The van der Waals surface area contributed by atoms with Gasteiger partial charge in [0.15, 0.2) is 5.78 Å². The van der Waals surface area contributed by atoms with Gasteiger partial charge in [0.1, 0.15) is 0 Å². The monoisotopic (exact) mass is 356 g/mol. The zero-order chi connectivity index (χ0) is 18.3. The Morgan fingerprint density at radius 1 is 1.12 bits per heavy atom. The Bertz CT molecular complexity index is 727. The molecule has 1 heterocycles. The second-order valence-corrected chi connectivity index (χ2v) is 7.64. The first kappa shape index (κ1) is 17.4. The summed E-state index contributed by atoms with van der Waals surface area (Å²) in [6, 6.07) is 9.69. The van der Waals surface area contributed by atoms with E-state index < -0.39 is 23.1 Å². The van der Waals surface area contributed by atoms with Crippen LogP contribution >= 0.6 is 0 Å². The SMILES string of the molecule is COC(=O)C(=O)C1CCCCC1C1(c2ccccc2)C(=O)C2CCOC21. The molecule has 5 nitrogen and oxygen atoms in total. The summed E-state index contributed by atoms with van der Waals surface area (Å²) in [5, 5.41) is 0. The van der Waals surface area contributed by atoms with Crippen molar-refractivity contribution in [2.45, 2.75) is 43.6 Å². The number of hydrogen-bond acceptors (Lipinski definition) is 5. The molecule has 4 rings (SSSR count). The molecule has 2 aliphatic carbocycles. The summed E-state index contributed by atoms with van der Waals surface area (Å²) in [7, 11) is 1.23. The van der Waals surface area contributed by atoms with Crippen molar-refractivity contribution in [2.75, 3.05) is 13.7 Å². The Morgan fingerprint density at radius 2 is 1.85 bits per heavy atom. The van der Waals surface area contributed by atoms with Gasteiger partial charge in [0.2, 0.25) is 5.78 Å². The van der Waals surface area contributed by atoms with Crippen LogP contribution in [-0.2, 0) is 29.3 Å². The second-order valence-electron chi connectivity index (χ2n) is 7.64. The van der Waals surface area contributed by atoms with E-state index in [1.54, 1.807) is 0 Å². The highest BCUT2D eigenvalue weighted by molar-refractivity contribution is 6.34. The number of carbonyl (C=O) groups excluding carboxylic acids is 3. The predicted molar refractivity (Wildman–Crippen MR) is 93.4 cm³/mol. The van der Waals surface area contributed by atoms with Gasteiger partial charge in [-0.2, -0.15) is 0 Å². The van der Waals surface area contributed by atoms with Gasteiger partial charge < -0.3 is 9.47 Å². The van der Waals surface area contributed by atoms with Crippen LogP contribution in [-0.4, -0.2) is 37.4 Å². The number of fused-ring (bicyclic) bond motifs is 1. The van der Waals surface area contributed by atoms with Gasteiger partial charge in [-0.1, -0.05) is 43.2 Å². The van der Waals surface area contributed by atoms with Gasteiger partial charge in [-0.15, -0.1) is 0 Å². The number of hydrogen-bond donors (Lipinski definition) is 0. The zero-order valence-corrected chi connectivity index (χ0v) is 15.0.